The number of benzene rings is 1. The first-order valence-electron chi connectivity index (χ1n) is 8.23. The molecule has 130 valence electrons. The highest BCUT2D eigenvalue weighted by atomic mass is 32.2. The van der Waals surface area contributed by atoms with Gasteiger partial charge in [0.15, 0.2) is 0 Å². The van der Waals surface area contributed by atoms with Gasteiger partial charge >= 0.3 is 0 Å². The average Bonchev–Trinajstić information content (AvgIpc) is 3.00. The smallest absolute Gasteiger partial charge is 0.230 e. The lowest BCUT2D eigenvalue weighted by Gasteiger charge is -2.14. The Balaban J connectivity index is 1.87. The minimum atomic E-state index is 0.00899. The Labute approximate surface area is 147 Å². The molecular formula is C17H25N5OS. The van der Waals surface area contributed by atoms with Gasteiger partial charge in [0.05, 0.1) is 11.4 Å². The van der Waals surface area contributed by atoms with Crippen LogP contribution in [0.25, 0.3) is 5.69 Å². The lowest BCUT2D eigenvalue weighted by molar-refractivity contribution is -0.119. The molecule has 0 aliphatic rings. The number of nitrogens with zero attached hydrogens (tertiary/aromatic N) is 4. The van der Waals surface area contributed by atoms with Crippen molar-refractivity contribution in [1.29, 1.82) is 0 Å². The summed E-state index contributed by atoms with van der Waals surface area (Å²) in [5.74, 6) is 0.964. The third-order valence-corrected chi connectivity index (χ3v) is 4.56. The first-order chi connectivity index (χ1) is 11.5. The minimum absolute atomic E-state index is 0.00899. The van der Waals surface area contributed by atoms with Crippen LogP contribution in [0.3, 0.4) is 0 Å². The Hall–Kier alpha value is -1.89. The number of hydrogen-bond acceptors (Lipinski definition) is 5. The third-order valence-electron chi connectivity index (χ3n) is 3.64. The molecule has 0 fully saturated rings. The SMILES string of the molecule is Cc1ccc(-n2nnnc2SCC(=O)N[C@@H](C)CCC(C)C)cc1. The van der Waals surface area contributed by atoms with E-state index >= 15 is 0 Å². The first-order valence-corrected chi connectivity index (χ1v) is 9.22. The lowest BCUT2D eigenvalue weighted by Crippen LogP contribution is -2.34. The van der Waals surface area contributed by atoms with Crippen molar-refractivity contribution in [2.75, 3.05) is 5.75 Å². The van der Waals surface area contributed by atoms with Gasteiger partial charge < -0.3 is 5.32 Å². The van der Waals surface area contributed by atoms with E-state index < -0.39 is 0 Å². The molecular weight excluding hydrogens is 322 g/mol. The van der Waals surface area contributed by atoms with E-state index in [0.29, 0.717) is 16.8 Å². The van der Waals surface area contributed by atoms with Crippen molar-refractivity contribution >= 4 is 17.7 Å². The van der Waals surface area contributed by atoms with Crippen LogP contribution in [-0.4, -0.2) is 37.9 Å². The second-order valence-corrected chi connectivity index (χ2v) is 7.38. The van der Waals surface area contributed by atoms with Gasteiger partial charge in [0.1, 0.15) is 0 Å². The van der Waals surface area contributed by atoms with Crippen molar-refractivity contribution in [2.24, 2.45) is 5.92 Å². The second-order valence-electron chi connectivity index (χ2n) is 6.44. The van der Waals surface area contributed by atoms with Crippen LogP contribution in [0.2, 0.25) is 0 Å². The highest BCUT2D eigenvalue weighted by Gasteiger charge is 2.13. The number of tetrazole rings is 1. The molecule has 0 radical (unpaired) electrons. The van der Waals surface area contributed by atoms with Crippen molar-refractivity contribution in [3.8, 4) is 5.69 Å². The number of hydrogen-bond donors (Lipinski definition) is 1. The molecule has 2 aromatic rings. The summed E-state index contributed by atoms with van der Waals surface area (Å²) in [6.45, 7) is 8.45. The second kappa shape index (κ2) is 8.82. The molecule has 0 saturated heterocycles. The van der Waals surface area contributed by atoms with E-state index in [1.54, 1.807) is 4.68 Å². The molecule has 1 atom stereocenters. The molecule has 0 unspecified atom stereocenters. The van der Waals surface area contributed by atoms with Gasteiger partial charge in [-0.3, -0.25) is 4.79 Å². The van der Waals surface area contributed by atoms with Crippen LogP contribution in [0.15, 0.2) is 29.4 Å². The van der Waals surface area contributed by atoms with Crippen LogP contribution >= 0.6 is 11.8 Å². The Morgan fingerprint density at radius 1 is 1.21 bits per heavy atom. The third kappa shape index (κ3) is 5.63. The Morgan fingerprint density at radius 3 is 2.58 bits per heavy atom. The zero-order valence-corrected chi connectivity index (χ0v) is 15.5. The van der Waals surface area contributed by atoms with Gasteiger partial charge in [-0.2, -0.15) is 4.68 Å². The molecule has 24 heavy (non-hydrogen) atoms. The van der Waals surface area contributed by atoms with E-state index in [-0.39, 0.29) is 11.9 Å². The average molecular weight is 347 g/mol. The minimum Gasteiger partial charge on any atom is -0.353 e. The molecule has 1 N–H and O–H groups in total. The monoisotopic (exact) mass is 347 g/mol. The summed E-state index contributed by atoms with van der Waals surface area (Å²) in [6, 6.07) is 8.13. The molecule has 1 amide bonds. The first kappa shape index (κ1) is 18.4. The fourth-order valence-corrected chi connectivity index (χ4v) is 2.92. The molecule has 6 nitrogen and oxygen atoms in total. The Kier molecular flexibility index (Phi) is 6.78. The van der Waals surface area contributed by atoms with E-state index in [9.17, 15) is 4.79 Å². The summed E-state index contributed by atoms with van der Waals surface area (Å²) >= 11 is 1.34. The summed E-state index contributed by atoms with van der Waals surface area (Å²) in [5.41, 5.74) is 2.06. The molecule has 1 aromatic heterocycles. The summed E-state index contributed by atoms with van der Waals surface area (Å²) in [6.07, 6.45) is 2.11. The van der Waals surface area contributed by atoms with Crippen molar-refractivity contribution in [1.82, 2.24) is 25.5 Å². The fourth-order valence-electron chi connectivity index (χ4n) is 2.22. The summed E-state index contributed by atoms with van der Waals surface area (Å²) in [5, 5.41) is 15.4. The van der Waals surface area contributed by atoms with Gasteiger partial charge in [-0.25, -0.2) is 0 Å². The van der Waals surface area contributed by atoms with E-state index in [1.165, 1.54) is 17.3 Å². The molecule has 7 heteroatoms. The highest BCUT2D eigenvalue weighted by molar-refractivity contribution is 7.99. The maximum atomic E-state index is 12.1. The molecule has 0 saturated carbocycles. The van der Waals surface area contributed by atoms with Crippen LogP contribution in [0.1, 0.15) is 39.2 Å². The number of carbonyl (C=O) groups excluding carboxylic acids is 1. The van der Waals surface area contributed by atoms with Gasteiger partial charge in [0, 0.05) is 6.04 Å². The number of carbonyl (C=O) groups is 1. The number of nitrogens with one attached hydrogen (secondary N) is 1. The molecule has 0 bridgehead atoms. The van der Waals surface area contributed by atoms with E-state index in [2.05, 4.69) is 34.7 Å². The number of aromatic nitrogens is 4. The van der Waals surface area contributed by atoms with Crippen molar-refractivity contribution in [2.45, 2.75) is 51.7 Å². The molecule has 0 spiro atoms. The maximum absolute atomic E-state index is 12.1. The number of thioether (sulfide) groups is 1. The van der Waals surface area contributed by atoms with Crippen LogP contribution in [0.5, 0.6) is 0 Å². The highest BCUT2D eigenvalue weighted by Crippen LogP contribution is 2.18. The van der Waals surface area contributed by atoms with Gasteiger partial charge in [0.25, 0.3) is 0 Å². The van der Waals surface area contributed by atoms with Crippen LogP contribution in [0, 0.1) is 12.8 Å². The normalized spacial score (nSPS) is 12.4. The fraction of sp³-hybridized carbons (Fsp3) is 0.529. The number of amides is 1. The molecule has 2 rings (SSSR count). The Morgan fingerprint density at radius 2 is 1.92 bits per heavy atom. The predicted molar refractivity (Wildman–Crippen MR) is 96.3 cm³/mol. The van der Waals surface area contributed by atoms with Gasteiger partial charge in [-0.1, -0.05) is 43.3 Å². The standard InChI is InChI=1S/C17H25N5OS/c1-12(2)5-8-14(4)18-16(23)11-24-17-19-20-21-22(17)15-9-6-13(3)7-10-15/h6-7,9-10,12,14H,5,8,11H2,1-4H3,(H,18,23)/t14-/m0/s1. The quantitative estimate of drug-likeness (QED) is 0.743. The van der Waals surface area contributed by atoms with Crippen molar-refractivity contribution in [3.05, 3.63) is 29.8 Å². The van der Waals surface area contributed by atoms with Gasteiger partial charge in [-0.05, 0) is 55.2 Å². The van der Waals surface area contributed by atoms with Gasteiger partial charge in [-0.15, -0.1) is 5.10 Å². The number of aryl methyl sites for hydroxylation is 1. The molecule has 0 aliphatic carbocycles. The predicted octanol–water partition coefficient (Wildman–Crippen LogP) is 3.00. The van der Waals surface area contributed by atoms with Crippen LogP contribution in [-0.2, 0) is 4.79 Å². The van der Waals surface area contributed by atoms with Crippen molar-refractivity contribution < 1.29 is 4.79 Å². The summed E-state index contributed by atoms with van der Waals surface area (Å²) < 4.78 is 1.65. The van der Waals surface area contributed by atoms with E-state index in [4.69, 9.17) is 0 Å². The molecule has 0 aliphatic heterocycles. The summed E-state index contributed by atoms with van der Waals surface area (Å²) in [4.78, 5) is 12.1. The summed E-state index contributed by atoms with van der Waals surface area (Å²) in [7, 11) is 0. The van der Waals surface area contributed by atoms with Crippen LogP contribution < -0.4 is 5.32 Å². The zero-order chi connectivity index (χ0) is 17.5. The topological polar surface area (TPSA) is 72.7 Å². The van der Waals surface area contributed by atoms with Crippen molar-refractivity contribution in [3.63, 3.8) is 0 Å². The van der Waals surface area contributed by atoms with E-state index in [0.717, 1.165) is 18.5 Å². The largest absolute Gasteiger partial charge is 0.353 e. The van der Waals surface area contributed by atoms with Gasteiger partial charge in [0.2, 0.25) is 11.1 Å². The maximum Gasteiger partial charge on any atom is 0.230 e. The Bertz CT molecular complexity index is 653. The molecule has 1 aromatic carbocycles. The zero-order valence-electron chi connectivity index (χ0n) is 14.7. The molecule has 1 heterocycles. The number of rotatable bonds is 8. The van der Waals surface area contributed by atoms with E-state index in [1.807, 2.05) is 38.1 Å². The lowest BCUT2D eigenvalue weighted by atomic mass is 10.0. The van der Waals surface area contributed by atoms with Crippen LogP contribution in [0.4, 0.5) is 0 Å².